The molecule has 1 unspecified atom stereocenters. The van der Waals surface area contributed by atoms with Crippen LogP contribution >= 0.6 is 0 Å². The first-order chi connectivity index (χ1) is 24.7. The topological polar surface area (TPSA) is 160 Å². The van der Waals surface area contributed by atoms with Gasteiger partial charge in [0.1, 0.15) is 23.2 Å². The molecule has 5 aliphatic rings. The highest BCUT2D eigenvalue weighted by Crippen LogP contribution is 2.57. The van der Waals surface area contributed by atoms with Crippen LogP contribution < -0.4 is 15.4 Å². The number of sulfonamides is 1. The minimum Gasteiger partial charge on any atom is -0.450 e. The van der Waals surface area contributed by atoms with Gasteiger partial charge in [-0.05, 0) is 96.9 Å². The summed E-state index contributed by atoms with van der Waals surface area (Å²) in [6, 6.07) is 14.0. The van der Waals surface area contributed by atoms with Crippen molar-refractivity contribution in [3.63, 3.8) is 0 Å². The highest BCUT2D eigenvalue weighted by Gasteiger charge is 2.67. The number of rotatable bonds is 7. The molecule has 7 rings (SSSR count). The van der Waals surface area contributed by atoms with Crippen LogP contribution in [0.4, 0.5) is 4.79 Å². The number of nitrogens with one attached hydrogen (secondary N) is 3. The molecule has 280 valence electrons. The normalized spacial score (nSPS) is 29.6. The second kappa shape index (κ2) is 13.5. The fourth-order valence-electron chi connectivity index (χ4n) is 8.07. The van der Waals surface area contributed by atoms with Gasteiger partial charge >= 0.3 is 6.09 Å². The standard InChI is InChI=1S/C39H50N4O8S/c1-37(2,3)32-34(45)43-23-38(50-4,28-13-8-12-27(20-28)26-11-7-10-24(19-26)9-5-6-18-51-36(47)40-32)22-31(43)33(44)41-39(21-30(39)25-14-15-25)35(46)42-52(48,49)29-16-17-29/h7-8,10-13,19-20,25,29-32H,5-6,9,14-18,21-23H2,1-4H3,(H,40,47)(H,41,44)(H,42,46)/t30?,31-,32+,38-,39+/m0/s1. The summed E-state index contributed by atoms with van der Waals surface area (Å²) in [5.74, 6) is -1.76. The van der Waals surface area contributed by atoms with E-state index in [0.717, 1.165) is 47.9 Å². The van der Waals surface area contributed by atoms with Gasteiger partial charge < -0.3 is 25.0 Å². The zero-order chi connectivity index (χ0) is 37.1. The molecule has 3 saturated carbocycles. The maximum absolute atomic E-state index is 14.7. The first-order valence-electron chi connectivity index (χ1n) is 18.5. The second-order valence-corrected chi connectivity index (χ2v) is 18.4. The number of fused-ring (bicyclic) bond motifs is 8. The molecule has 1 saturated heterocycles. The van der Waals surface area contributed by atoms with Crippen molar-refractivity contribution in [2.45, 2.75) is 107 Å². The predicted molar refractivity (Wildman–Crippen MR) is 193 cm³/mol. The lowest BCUT2D eigenvalue weighted by atomic mass is 9.85. The highest BCUT2D eigenvalue weighted by molar-refractivity contribution is 7.91. The number of methoxy groups -OCH3 is 1. The van der Waals surface area contributed by atoms with Crippen molar-refractivity contribution in [2.75, 3.05) is 20.3 Å². The van der Waals surface area contributed by atoms with Gasteiger partial charge in [0, 0.05) is 13.5 Å². The van der Waals surface area contributed by atoms with Crippen molar-refractivity contribution >= 4 is 33.8 Å². The maximum Gasteiger partial charge on any atom is 0.407 e. The van der Waals surface area contributed by atoms with Crippen molar-refractivity contribution in [2.24, 2.45) is 17.3 Å². The Bertz CT molecular complexity index is 1870. The van der Waals surface area contributed by atoms with Gasteiger partial charge in [0.2, 0.25) is 21.8 Å². The number of aryl methyl sites for hydroxylation is 1. The van der Waals surface area contributed by atoms with Gasteiger partial charge in [0.25, 0.3) is 5.91 Å². The molecule has 0 aromatic heterocycles. The van der Waals surface area contributed by atoms with E-state index < -0.39 is 67.7 Å². The van der Waals surface area contributed by atoms with Crippen molar-refractivity contribution in [1.29, 1.82) is 0 Å². The largest absolute Gasteiger partial charge is 0.450 e. The van der Waals surface area contributed by atoms with Gasteiger partial charge in [0.05, 0.1) is 18.4 Å². The van der Waals surface area contributed by atoms with Crippen LogP contribution in [0.2, 0.25) is 0 Å². The number of amides is 4. The highest BCUT2D eigenvalue weighted by atomic mass is 32.2. The van der Waals surface area contributed by atoms with Crippen LogP contribution in [-0.2, 0) is 45.9 Å². The Morgan fingerprint density at radius 2 is 1.69 bits per heavy atom. The SMILES string of the molecule is CO[C@@]12C[C@@H](C(=O)N[C@]3(C(=O)NS(=O)(=O)C4CC4)CC3C3CC3)N(C1)C(=O)[C@H](C(C)(C)C)NC(=O)OCCCCc1cccc(c1)-c1cccc2c1. The molecule has 52 heavy (non-hydrogen) atoms. The summed E-state index contributed by atoms with van der Waals surface area (Å²) in [5, 5.41) is 5.17. The molecule has 4 amide bonds. The molecule has 13 heteroatoms. The summed E-state index contributed by atoms with van der Waals surface area (Å²) in [7, 11) is -2.30. The van der Waals surface area contributed by atoms with E-state index in [-0.39, 0.29) is 31.4 Å². The molecule has 12 nitrogen and oxygen atoms in total. The fourth-order valence-corrected chi connectivity index (χ4v) is 9.44. The van der Waals surface area contributed by atoms with E-state index in [1.165, 1.54) is 4.90 Å². The third kappa shape index (κ3) is 7.18. The average Bonchev–Trinajstić information content (AvgIpc) is 3.97. The van der Waals surface area contributed by atoms with Crippen molar-refractivity contribution in [3.8, 4) is 11.1 Å². The van der Waals surface area contributed by atoms with Crippen molar-refractivity contribution in [3.05, 3.63) is 59.7 Å². The van der Waals surface area contributed by atoms with Gasteiger partial charge in [0.15, 0.2) is 0 Å². The summed E-state index contributed by atoms with van der Waals surface area (Å²) in [4.78, 5) is 57.7. The average molecular weight is 735 g/mol. The Morgan fingerprint density at radius 3 is 2.37 bits per heavy atom. The molecule has 4 fully saturated rings. The van der Waals surface area contributed by atoms with Crippen LogP contribution in [0.5, 0.6) is 0 Å². The number of alkyl carbamates (subject to hydrolysis) is 1. The van der Waals surface area contributed by atoms with Gasteiger partial charge in [-0.3, -0.25) is 19.1 Å². The van der Waals surface area contributed by atoms with Crippen LogP contribution in [0, 0.1) is 17.3 Å². The Labute approximate surface area is 305 Å². The predicted octanol–water partition coefficient (Wildman–Crippen LogP) is 4.17. The number of hydrogen-bond acceptors (Lipinski definition) is 8. The Hall–Kier alpha value is -3.97. The van der Waals surface area contributed by atoms with Gasteiger partial charge in [-0.15, -0.1) is 0 Å². The molecular weight excluding hydrogens is 685 g/mol. The molecule has 5 atom stereocenters. The van der Waals surface area contributed by atoms with Gasteiger partial charge in [-0.25, -0.2) is 13.2 Å². The molecule has 0 radical (unpaired) electrons. The third-order valence-electron chi connectivity index (χ3n) is 11.6. The van der Waals surface area contributed by atoms with Crippen molar-refractivity contribution in [1.82, 2.24) is 20.3 Å². The van der Waals surface area contributed by atoms with E-state index in [0.29, 0.717) is 25.7 Å². The van der Waals surface area contributed by atoms with E-state index in [2.05, 4.69) is 27.5 Å². The number of hydrogen-bond donors (Lipinski definition) is 3. The minimum atomic E-state index is -3.86. The number of carbonyl (C=O) groups is 4. The molecule has 2 heterocycles. The fraction of sp³-hybridized carbons (Fsp3) is 0.590. The molecular formula is C39H50N4O8S. The zero-order valence-electron chi connectivity index (χ0n) is 30.4. The lowest BCUT2D eigenvalue weighted by Gasteiger charge is -2.36. The zero-order valence-corrected chi connectivity index (χ0v) is 31.2. The quantitative estimate of drug-likeness (QED) is 0.383. The molecule has 0 spiro atoms. The summed E-state index contributed by atoms with van der Waals surface area (Å²) in [6.07, 6.45) is 4.73. The van der Waals surface area contributed by atoms with Crippen LogP contribution in [0.3, 0.4) is 0 Å². The smallest absolute Gasteiger partial charge is 0.407 e. The Balaban J connectivity index is 1.26. The lowest BCUT2D eigenvalue weighted by Crippen LogP contribution is -2.60. The molecule has 2 aliphatic heterocycles. The minimum absolute atomic E-state index is 0.00543. The number of ether oxygens (including phenoxy) is 2. The number of carbonyl (C=O) groups excluding carboxylic acids is 4. The van der Waals surface area contributed by atoms with Crippen LogP contribution in [0.1, 0.15) is 83.3 Å². The van der Waals surface area contributed by atoms with E-state index in [1.807, 2.05) is 57.2 Å². The monoisotopic (exact) mass is 734 g/mol. The number of benzene rings is 2. The number of nitrogens with zero attached hydrogens (tertiary/aromatic N) is 1. The van der Waals surface area contributed by atoms with Crippen LogP contribution in [-0.4, -0.2) is 80.3 Å². The Morgan fingerprint density at radius 1 is 0.981 bits per heavy atom. The molecule has 3 aliphatic carbocycles. The second-order valence-electron chi connectivity index (χ2n) is 16.5. The Kier molecular flexibility index (Phi) is 9.42. The number of cyclic esters (lactones) is 1. The van der Waals surface area contributed by atoms with E-state index in [4.69, 9.17) is 9.47 Å². The molecule has 2 aromatic carbocycles. The van der Waals surface area contributed by atoms with E-state index in [1.54, 1.807) is 7.11 Å². The third-order valence-corrected chi connectivity index (χ3v) is 13.4. The van der Waals surface area contributed by atoms with Gasteiger partial charge in [-0.1, -0.05) is 63.2 Å². The summed E-state index contributed by atoms with van der Waals surface area (Å²) in [6.45, 7) is 5.67. The first-order valence-corrected chi connectivity index (χ1v) is 20.1. The molecule has 6 bridgehead atoms. The summed E-state index contributed by atoms with van der Waals surface area (Å²) >= 11 is 0. The summed E-state index contributed by atoms with van der Waals surface area (Å²) in [5.41, 5.74) is 0.624. The van der Waals surface area contributed by atoms with E-state index in [9.17, 15) is 27.6 Å². The van der Waals surface area contributed by atoms with Crippen LogP contribution in [0.15, 0.2) is 48.5 Å². The lowest BCUT2D eigenvalue weighted by molar-refractivity contribution is -0.143. The molecule has 2 aromatic rings. The summed E-state index contributed by atoms with van der Waals surface area (Å²) < 4.78 is 39.8. The van der Waals surface area contributed by atoms with Crippen molar-refractivity contribution < 1.29 is 37.1 Å². The first kappa shape index (κ1) is 36.4. The van der Waals surface area contributed by atoms with Crippen LogP contribution in [0.25, 0.3) is 11.1 Å². The maximum atomic E-state index is 14.7. The van der Waals surface area contributed by atoms with Gasteiger partial charge in [-0.2, -0.15) is 0 Å². The molecule has 3 N–H and O–H groups in total. The van der Waals surface area contributed by atoms with E-state index >= 15 is 0 Å².